The van der Waals surface area contributed by atoms with E-state index in [1.807, 2.05) is 6.07 Å². The number of aromatic nitrogens is 1. The second-order valence-electron chi connectivity index (χ2n) is 5.82. The van der Waals surface area contributed by atoms with Crippen LogP contribution in [0.4, 0.5) is 0 Å². The molecule has 0 amide bonds. The zero-order chi connectivity index (χ0) is 13.2. The van der Waals surface area contributed by atoms with Gasteiger partial charge in [-0.2, -0.15) is 0 Å². The Kier molecular flexibility index (Phi) is 3.71. The summed E-state index contributed by atoms with van der Waals surface area (Å²) in [4.78, 5) is 6.91. The van der Waals surface area contributed by atoms with Crippen LogP contribution >= 0.6 is 0 Å². The van der Waals surface area contributed by atoms with E-state index in [1.165, 1.54) is 18.4 Å². The lowest BCUT2D eigenvalue weighted by Gasteiger charge is -2.39. The van der Waals surface area contributed by atoms with Crippen LogP contribution in [0.15, 0.2) is 18.3 Å². The Labute approximate surface area is 115 Å². The first kappa shape index (κ1) is 12.9. The number of hydrogen-bond donors (Lipinski definition) is 1. The molecule has 4 nitrogen and oxygen atoms in total. The van der Waals surface area contributed by atoms with Gasteiger partial charge in [-0.05, 0) is 31.7 Å². The molecule has 2 fully saturated rings. The Morgan fingerprint density at radius 2 is 2.32 bits per heavy atom. The summed E-state index contributed by atoms with van der Waals surface area (Å²) in [6.07, 6.45) is 4.57. The zero-order valence-electron chi connectivity index (χ0n) is 11.8. The molecule has 1 saturated heterocycles. The first-order chi connectivity index (χ1) is 9.28. The van der Waals surface area contributed by atoms with Gasteiger partial charge in [0.05, 0.1) is 7.11 Å². The van der Waals surface area contributed by atoms with Crippen LogP contribution in [0.3, 0.4) is 0 Å². The second kappa shape index (κ2) is 5.47. The summed E-state index contributed by atoms with van der Waals surface area (Å²) in [6, 6.07) is 5.37. The summed E-state index contributed by atoms with van der Waals surface area (Å²) in [5, 5.41) is 3.61. The Morgan fingerprint density at radius 1 is 1.47 bits per heavy atom. The molecule has 104 valence electrons. The van der Waals surface area contributed by atoms with E-state index in [2.05, 4.69) is 28.2 Å². The molecule has 1 N–H and O–H groups in total. The highest BCUT2D eigenvalue weighted by molar-refractivity contribution is 5.25. The highest BCUT2D eigenvalue weighted by atomic mass is 16.5. The maximum Gasteiger partial charge on any atom is 0.217 e. The molecule has 1 aliphatic heterocycles. The number of nitrogens with one attached hydrogen (secondary N) is 1. The highest BCUT2D eigenvalue weighted by Crippen LogP contribution is 2.37. The van der Waals surface area contributed by atoms with Crippen LogP contribution in [0, 0.1) is 5.92 Å². The molecule has 4 heteroatoms. The number of hydrogen-bond acceptors (Lipinski definition) is 4. The third-order valence-electron chi connectivity index (χ3n) is 4.24. The van der Waals surface area contributed by atoms with Crippen molar-refractivity contribution in [1.29, 1.82) is 0 Å². The molecule has 1 aliphatic carbocycles. The third kappa shape index (κ3) is 2.90. The van der Waals surface area contributed by atoms with Crippen LogP contribution in [0.1, 0.15) is 25.3 Å². The van der Waals surface area contributed by atoms with Crippen molar-refractivity contribution in [3.05, 3.63) is 23.9 Å². The van der Waals surface area contributed by atoms with Gasteiger partial charge in [-0.25, -0.2) is 4.98 Å². The van der Waals surface area contributed by atoms with Gasteiger partial charge in [0.1, 0.15) is 0 Å². The molecule has 0 aromatic carbocycles. The van der Waals surface area contributed by atoms with E-state index in [0.717, 1.165) is 31.4 Å². The van der Waals surface area contributed by atoms with Crippen molar-refractivity contribution in [2.45, 2.75) is 38.4 Å². The summed E-state index contributed by atoms with van der Waals surface area (Å²) >= 11 is 0. The lowest BCUT2D eigenvalue weighted by molar-refractivity contribution is 0.111. The van der Waals surface area contributed by atoms with Crippen molar-refractivity contribution in [2.75, 3.05) is 20.2 Å². The highest BCUT2D eigenvalue weighted by Gasteiger charge is 2.38. The maximum atomic E-state index is 5.37. The fraction of sp³-hybridized carbons (Fsp3) is 0.667. The smallest absolute Gasteiger partial charge is 0.217 e. The van der Waals surface area contributed by atoms with Crippen molar-refractivity contribution in [3.8, 4) is 5.88 Å². The fourth-order valence-electron chi connectivity index (χ4n) is 3.08. The van der Waals surface area contributed by atoms with Gasteiger partial charge in [0.15, 0.2) is 0 Å². The Balaban J connectivity index is 1.75. The van der Waals surface area contributed by atoms with Crippen LogP contribution in [0.2, 0.25) is 0 Å². The monoisotopic (exact) mass is 261 g/mol. The maximum absolute atomic E-state index is 5.37. The van der Waals surface area contributed by atoms with Gasteiger partial charge < -0.3 is 10.1 Å². The van der Waals surface area contributed by atoms with E-state index in [0.29, 0.717) is 12.1 Å². The van der Waals surface area contributed by atoms with Gasteiger partial charge >= 0.3 is 0 Å². The fourth-order valence-corrected chi connectivity index (χ4v) is 3.08. The minimum Gasteiger partial charge on any atom is -0.481 e. The predicted octanol–water partition coefficient (Wildman–Crippen LogP) is 1.66. The third-order valence-corrected chi connectivity index (χ3v) is 4.24. The van der Waals surface area contributed by atoms with E-state index >= 15 is 0 Å². The van der Waals surface area contributed by atoms with E-state index in [-0.39, 0.29) is 0 Å². The molecule has 1 aromatic heterocycles. The molecule has 2 unspecified atom stereocenters. The van der Waals surface area contributed by atoms with E-state index < -0.39 is 0 Å². The summed E-state index contributed by atoms with van der Waals surface area (Å²) in [5.41, 5.74) is 1.20. The largest absolute Gasteiger partial charge is 0.481 e. The molecule has 1 aromatic rings. The van der Waals surface area contributed by atoms with Gasteiger partial charge in [0.2, 0.25) is 5.88 Å². The van der Waals surface area contributed by atoms with Gasteiger partial charge in [-0.15, -0.1) is 0 Å². The first-order valence-electron chi connectivity index (χ1n) is 7.23. The predicted molar refractivity (Wildman–Crippen MR) is 75.2 cm³/mol. The molecular formula is C15H23N3O. The Morgan fingerprint density at radius 3 is 3.05 bits per heavy atom. The Bertz CT molecular complexity index is 433. The zero-order valence-corrected chi connectivity index (χ0v) is 11.8. The molecule has 0 radical (unpaired) electrons. The summed E-state index contributed by atoms with van der Waals surface area (Å²) in [5.74, 6) is 1.66. The van der Waals surface area contributed by atoms with Crippen LogP contribution in [-0.2, 0) is 6.54 Å². The second-order valence-corrected chi connectivity index (χ2v) is 5.82. The number of pyridine rings is 1. The normalized spacial score (nSPS) is 28.3. The topological polar surface area (TPSA) is 37.4 Å². The van der Waals surface area contributed by atoms with Gasteiger partial charge in [0.25, 0.3) is 0 Å². The minimum absolute atomic E-state index is 0.567. The number of methoxy groups -OCH3 is 1. The average Bonchev–Trinajstić information content (AvgIpc) is 3.24. The molecule has 2 atom stereocenters. The van der Waals surface area contributed by atoms with Crippen LogP contribution in [0.25, 0.3) is 0 Å². The van der Waals surface area contributed by atoms with Crippen LogP contribution in [-0.4, -0.2) is 42.2 Å². The summed E-state index contributed by atoms with van der Waals surface area (Å²) in [6.45, 7) is 5.44. The SMILES string of the molecule is COc1ncccc1CN1CC(C)NCC1C1CC1. The first-order valence-corrected chi connectivity index (χ1v) is 7.23. The molecule has 2 heterocycles. The van der Waals surface area contributed by atoms with Gasteiger partial charge in [-0.3, -0.25) is 4.90 Å². The van der Waals surface area contributed by atoms with Gasteiger partial charge in [-0.1, -0.05) is 6.07 Å². The number of piperazine rings is 1. The van der Waals surface area contributed by atoms with Crippen molar-refractivity contribution >= 4 is 0 Å². The van der Waals surface area contributed by atoms with Gasteiger partial charge in [0, 0.05) is 43.5 Å². The molecule has 19 heavy (non-hydrogen) atoms. The summed E-state index contributed by atoms with van der Waals surface area (Å²) < 4.78 is 5.37. The summed E-state index contributed by atoms with van der Waals surface area (Å²) in [7, 11) is 1.70. The number of nitrogens with zero attached hydrogens (tertiary/aromatic N) is 2. The quantitative estimate of drug-likeness (QED) is 0.894. The Hall–Kier alpha value is -1.13. The lowest BCUT2D eigenvalue weighted by Crippen LogP contribution is -2.55. The molecule has 2 aliphatic rings. The van der Waals surface area contributed by atoms with Crippen molar-refractivity contribution in [2.24, 2.45) is 5.92 Å². The molecular weight excluding hydrogens is 238 g/mol. The van der Waals surface area contributed by atoms with Crippen LogP contribution in [0.5, 0.6) is 5.88 Å². The van der Waals surface area contributed by atoms with Crippen LogP contribution < -0.4 is 10.1 Å². The molecule has 0 spiro atoms. The molecule has 0 bridgehead atoms. The van der Waals surface area contributed by atoms with Crippen molar-refractivity contribution in [3.63, 3.8) is 0 Å². The lowest BCUT2D eigenvalue weighted by atomic mass is 10.0. The molecule has 3 rings (SSSR count). The van der Waals surface area contributed by atoms with E-state index in [4.69, 9.17) is 4.74 Å². The minimum atomic E-state index is 0.567. The molecule has 1 saturated carbocycles. The van der Waals surface area contributed by atoms with E-state index in [9.17, 15) is 0 Å². The van der Waals surface area contributed by atoms with Crippen molar-refractivity contribution < 1.29 is 4.74 Å². The van der Waals surface area contributed by atoms with Crippen molar-refractivity contribution in [1.82, 2.24) is 15.2 Å². The number of rotatable bonds is 4. The number of ether oxygens (including phenoxy) is 1. The van der Waals surface area contributed by atoms with E-state index in [1.54, 1.807) is 13.3 Å². The average molecular weight is 261 g/mol. The standard InChI is InChI=1S/C15H23N3O/c1-11-9-18(14(8-17-11)12-5-6-12)10-13-4-3-7-16-15(13)19-2/h3-4,7,11-12,14,17H,5-6,8-10H2,1-2H3.